The van der Waals surface area contributed by atoms with Crippen molar-refractivity contribution in [1.82, 2.24) is 4.90 Å². The van der Waals surface area contributed by atoms with Gasteiger partial charge in [0.1, 0.15) is 0 Å². The van der Waals surface area contributed by atoms with E-state index >= 15 is 0 Å². The molecule has 4 nitrogen and oxygen atoms in total. The molecule has 1 aromatic heterocycles. The van der Waals surface area contributed by atoms with Gasteiger partial charge in [-0.15, -0.1) is 11.3 Å². The number of benzene rings is 1. The van der Waals surface area contributed by atoms with Crippen LogP contribution in [0.2, 0.25) is 0 Å². The van der Waals surface area contributed by atoms with Gasteiger partial charge in [0.25, 0.3) is 5.91 Å². The maximum Gasteiger partial charge on any atom is 0.316 e. The highest BCUT2D eigenvalue weighted by Gasteiger charge is 2.44. The molecule has 0 unspecified atom stereocenters. The molecule has 1 aromatic carbocycles. The molecular formula is C21H25NO3S. The molecule has 1 aliphatic heterocycles. The fourth-order valence-corrected chi connectivity index (χ4v) is 4.87. The maximum atomic E-state index is 12.9. The van der Waals surface area contributed by atoms with Crippen LogP contribution in [0.1, 0.15) is 45.4 Å². The Labute approximate surface area is 158 Å². The maximum absolute atomic E-state index is 12.9. The third kappa shape index (κ3) is 3.28. The molecule has 138 valence electrons. The first-order chi connectivity index (χ1) is 12.5. The number of amides is 1. The van der Waals surface area contributed by atoms with Crippen molar-refractivity contribution in [3.63, 3.8) is 0 Å². The van der Waals surface area contributed by atoms with Gasteiger partial charge in [-0.05, 0) is 43.4 Å². The summed E-state index contributed by atoms with van der Waals surface area (Å²) in [6.07, 6.45) is 2.12. The van der Waals surface area contributed by atoms with Crippen LogP contribution in [0.15, 0.2) is 36.4 Å². The Balaban J connectivity index is 1.79. The summed E-state index contributed by atoms with van der Waals surface area (Å²) in [5, 5.41) is 0. The number of aryl methyl sites for hydroxylation is 2. The lowest BCUT2D eigenvalue weighted by Gasteiger charge is -2.40. The molecule has 1 fully saturated rings. The number of likely N-dealkylation sites (tertiary alicyclic amines) is 1. The summed E-state index contributed by atoms with van der Waals surface area (Å²) in [5.74, 6) is -0.139. The summed E-state index contributed by atoms with van der Waals surface area (Å²) >= 11 is 1.59. The van der Waals surface area contributed by atoms with Crippen LogP contribution < -0.4 is 0 Å². The fourth-order valence-electron chi connectivity index (χ4n) is 3.79. The molecule has 0 atom stereocenters. The highest BCUT2D eigenvalue weighted by atomic mass is 32.1. The number of hydrogen-bond acceptors (Lipinski definition) is 4. The minimum absolute atomic E-state index is 0.0735. The van der Waals surface area contributed by atoms with Gasteiger partial charge in [-0.2, -0.15) is 0 Å². The van der Waals surface area contributed by atoms with Gasteiger partial charge in [-0.1, -0.05) is 37.3 Å². The van der Waals surface area contributed by atoms with Crippen molar-refractivity contribution < 1.29 is 14.3 Å². The number of thiophene rings is 1. The Morgan fingerprint density at radius 2 is 1.85 bits per heavy atom. The topological polar surface area (TPSA) is 46.6 Å². The number of rotatable bonds is 4. The highest BCUT2D eigenvalue weighted by molar-refractivity contribution is 7.14. The van der Waals surface area contributed by atoms with E-state index in [9.17, 15) is 9.59 Å². The third-order valence-corrected chi connectivity index (χ3v) is 6.73. The van der Waals surface area contributed by atoms with Crippen LogP contribution >= 0.6 is 11.3 Å². The number of carbonyl (C=O) groups excluding carboxylic acids is 2. The van der Waals surface area contributed by atoms with Crippen LogP contribution in [0.5, 0.6) is 0 Å². The van der Waals surface area contributed by atoms with Crippen LogP contribution in [0.3, 0.4) is 0 Å². The molecule has 3 rings (SSSR count). The van der Waals surface area contributed by atoms with Gasteiger partial charge in [-0.3, -0.25) is 9.59 Å². The molecule has 1 saturated heterocycles. The second-order valence-corrected chi connectivity index (χ2v) is 7.94. The summed E-state index contributed by atoms with van der Waals surface area (Å²) in [6.45, 7) is 5.28. The quantitative estimate of drug-likeness (QED) is 0.764. The normalized spacial score (nSPS) is 16.3. The molecule has 0 saturated carbocycles. The van der Waals surface area contributed by atoms with Gasteiger partial charge in [0.15, 0.2) is 0 Å². The zero-order chi connectivity index (χ0) is 18.7. The van der Waals surface area contributed by atoms with Gasteiger partial charge in [0.2, 0.25) is 0 Å². The van der Waals surface area contributed by atoms with E-state index in [1.54, 1.807) is 11.3 Å². The van der Waals surface area contributed by atoms with Crippen LogP contribution in [-0.2, 0) is 21.4 Å². The standard InChI is InChI=1S/C21H25NO3S/c1-4-17-15(2)14-18(26-17)19(23)22-12-10-21(11-13-22,20(24)25-3)16-8-6-5-7-9-16/h5-9,14H,4,10-13H2,1-3H3. The molecule has 26 heavy (non-hydrogen) atoms. The fraction of sp³-hybridized carbons (Fsp3) is 0.429. The molecule has 0 radical (unpaired) electrons. The third-order valence-electron chi connectivity index (χ3n) is 5.36. The number of methoxy groups -OCH3 is 1. The smallest absolute Gasteiger partial charge is 0.316 e. The largest absolute Gasteiger partial charge is 0.468 e. The van der Waals surface area contributed by atoms with Crippen LogP contribution in [0.4, 0.5) is 0 Å². The second kappa shape index (κ2) is 7.62. The van der Waals surface area contributed by atoms with E-state index in [0.29, 0.717) is 25.9 Å². The van der Waals surface area contributed by atoms with Gasteiger partial charge in [-0.25, -0.2) is 0 Å². The summed E-state index contributed by atoms with van der Waals surface area (Å²) in [6, 6.07) is 11.8. The van der Waals surface area contributed by atoms with E-state index in [1.807, 2.05) is 41.3 Å². The predicted octanol–water partition coefficient (Wildman–Crippen LogP) is 3.97. The van der Waals surface area contributed by atoms with E-state index in [4.69, 9.17) is 4.74 Å². The van der Waals surface area contributed by atoms with Crippen LogP contribution in [0, 0.1) is 6.92 Å². The number of piperidine rings is 1. The highest BCUT2D eigenvalue weighted by Crippen LogP contribution is 2.37. The Morgan fingerprint density at radius 3 is 2.38 bits per heavy atom. The lowest BCUT2D eigenvalue weighted by molar-refractivity contribution is -0.149. The van der Waals surface area contributed by atoms with E-state index in [-0.39, 0.29) is 11.9 Å². The van der Waals surface area contributed by atoms with Crippen molar-refractivity contribution in [2.75, 3.05) is 20.2 Å². The molecule has 2 aromatic rings. The first-order valence-corrected chi connectivity index (χ1v) is 9.86. The average Bonchev–Trinajstić information content (AvgIpc) is 3.08. The molecule has 0 bridgehead atoms. The SMILES string of the molecule is CCc1sc(C(=O)N2CCC(C(=O)OC)(c3ccccc3)CC2)cc1C. The van der Waals surface area contributed by atoms with Crippen molar-refractivity contribution >= 4 is 23.2 Å². The van der Waals surface area contributed by atoms with Crippen molar-refractivity contribution in [3.8, 4) is 0 Å². The Hall–Kier alpha value is -2.14. The lowest BCUT2D eigenvalue weighted by Crippen LogP contribution is -2.49. The molecule has 1 aliphatic rings. The summed E-state index contributed by atoms with van der Waals surface area (Å²) in [4.78, 5) is 29.4. The van der Waals surface area contributed by atoms with Gasteiger partial charge < -0.3 is 9.64 Å². The zero-order valence-electron chi connectivity index (χ0n) is 15.6. The van der Waals surface area contributed by atoms with Gasteiger partial charge in [0.05, 0.1) is 17.4 Å². The second-order valence-electron chi connectivity index (χ2n) is 6.80. The van der Waals surface area contributed by atoms with Crippen molar-refractivity contribution in [3.05, 3.63) is 57.3 Å². The van der Waals surface area contributed by atoms with Crippen LogP contribution in [0.25, 0.3) is 0 Å². The number of nitrogens with zero attached hydrogens (tertiary/aromatic N) is 1. The number of carbonyl (C=O) groups is 2. The molecule has 0 spiro atoms. The molecule has 2 heterocycles. The number of ether oxygens (including phenoxy) is 1. The van der Waals surface area contributed by atoms with E-state index in [1.165, 1.54) is 17.6 Å². The molecule has 0 aliphatic carbocycles. The lowest BCUT2D eigenvalue weighted by atomic mass is 9.72. The Bertz CT molecular complexity index is 789. The minimum atomic E-state index is -0.660. The number of hydrogen-bond donors (Lipinski definition) is 0. The Morgan fingerprint density at radius 1 is 1.19 bits per heavy atom. The van der Waals surface area contributed by atoms with Crippen molar-refractivity contribution in [2.24, 2.45) is 0 Å². The van der Waals surface area contributed by atoms with E-state index in [0.717, 1.165) is 16.9 Å². The summed E-state index contributed by atoms with van der Waals surface area (Å²) < 4.78 is 5.12. The van der Waals surface area contributed by atoms with Gasteiger partial charge >= 0.3 is 5.97 Å². The summed E-state index contributed by atoms with van der Waals surface area (Å²) in [7, 11) is 1.44. The van der Waals surface area contributed by atoms with Gasteiger partial charge in [0, 0.05) is 18.0 Å². The molecule has 1 amide bonds. The van der Waals surface area contributed by atoms with E-state index in [2.05, 4.69) is 13.8 Å². The van der Waals surface area contributed by atoms with Crippen molar-refractivity contribution in [2.45, 2.75) is 38.5 Å². The first-order valence-electron chi connectivity index (χ1n) is 9.04. The Kier molecular flexibility index (Phi) is 5.47. The van der Waals surface area contributed by atoms with E-state index < -0.39 is 5.41 Å². The summed E-state index contributed by atoms with van der Waals surface area (Å²) in [5.41, 5.74) is 1.50. The molecule has 0 N–H and O–H groups in total. The zero-order valence-corrected chi connectivity index (χ0v) is 16.4. The van der Waals surface area contributed by atoms with Crippen molar-refractivity contribution in [1.29, 1.82) is 0 Å². The first kappa shape index (κ1) is 18.6. The molecular weight excluding hydrogens is 346 g/mol. The van der Waals surface area contributed by atoms with Crippen LogP contribution in [-0.4, -0.2) is 37.0 Å². The minimum Gasteiger partial charge on any atom is -0.468 e. The monoisotopic (exact) mass is 371 g/mol. The molecule has 5 heteroatoms. The number of esters is 1. The average molecular weight is 372 g/mol. The predicted molar refractivity (Wildman–Crippen MR) is 104 cm³/mol.